The minimum atomic E-state index is -0.166. The van der Waals surface area contributed by atoms with E-state index in [1.807, 2.05) is 12.1 Å². The molecular weight excluding hydrogens is 329 g/mol. The summed E-state index contributed by atoms with van der Waals surface area (Å²) >= 11 is 3.29. The smallest absolute Gasteiger partial charge is 0.137 e. The van der Waals surface area contributed by atoms with Crippen LogP contribution in [-0.2, 0) is 0 Å². The Morgan fingerprint density at radius 3 is 2.67 bits per heavy atom. The van der Waals surface area contributed by atoms with Crippen LogP contribution in [0.2, 0.25) is 0 Å². The maximum Gasteiger partial charge on any atom is 0.137 e. The van der Waals surface area contributed by atoms with E-state index in [9.17, 15) is 4.39 Å². The van der Waals surface area contributed by atoms with E-state index in [2.05, 4.69) is 28.2 Å². The second kappa shape index (κ2) is 6.78. The molecule has 1 aromatic rings. The van der Waals surface area contributed by atoms with Crippen LogP contribution in [0.1, 0.15) is 63.4 Å². The zero-order valence-corrected chi connectivity index (χ0v) is 14.3. The Labute approximate surface area is 135 Å². The molecule has 0 heterocycles. The molecular formula is C18H25BrFN. The van der Waals surface area contributed by atoms with Gasteiger partial charge in [-0.15, -0.1) is 0 Å². The van der Waals surface area contributed by atoms with Crippen LogP contribution in [0, 0.1) is 11.7 Å². The maximum absolute atomic E-state index is 13.3. The van der Waals surface area contributed by atoms with Crippen molar-refractivity contribution in [2.45, 2.75) is 69.9 Å². The van der Waals surface area contributed by atoms with Gasteiger partial charge in [-0.1, -0.05) is 25.8 Å². The van der Waals surface area contributed by atoms with E-state index in [-0.39, 0.29) is 5.82 Å². The van der Waals surface area contributed by atoms with Gasteiger partial charge in [-0.3, -0.25) is 0 Å². The fraction of sp³-hybridized carbons (Fsp3) is 0.667. The number of nitrogens with one attached hydrogen (secondary N) is 1. The lowest BCUT2D eigenvalue weighted by atomic mass is 9.75. The lowest BCUT2D eigenvalue weighted by Crippen LogP contribution is -2.45. The van der Waals surface area contributed by atoms with Crippen molar-refractivity contribution in [2.75, 3.05) is 0 Å². The maximum atomic E-state index is 13.3. The highest BCUT2D eigenvalue weighted by atomic mass is 79.9. The first-order valence-electron chi connectivity index (χ1n) is 8.33. The van der Waals surface area contributed by atoms with Crippen LogP contribution < -0.4 is 5.32 Å². The van der Waals surface area contributed by atoms with Crippen LogP contribution in [0.15, 0.2) is 22.7 Å². The fourth-order valence-corrected chi connectivity index (χ4v) is 4.18. The van der Waals surface area contributed by atoms with Gasteiger partial charge in [0.2, 0.25) is 0 Å². The van der Waals surface area contributed by atoms with Gasteiger partial charge in [-0.05, 0) is 77.6 Å². The Morgan fingerprint density at radius 1 is 1.10 bits per heavy atom. The highest BCUT2D eigenvalue weighted by molar-refractivity contribution is 9.10. The van der Waals surface area contributed by atoms with Crippen molar-refractivity contribution >= 4 is 15.9 Å². The van der Waals surface area contributed by atoms with E-state index in [4.69, 9.17) is 0 Å². The van der Waals surface area contributed by atoms with Crippen LogP contribution in [0.3, 0.4) is 0 Å². The summed E-state index contributed by atoms with van der Waals surface area (Å²) in [6, 6.07) is 6.85. The highest BCUT2D eigenvalue weighted by Gasteiger charge is 2.32. The molecule has 0 aromatic heterocycles. The zero-order valence-electron chi connectivity index (χ0n) is 12.7. The predicted octanol–water partition coefficient (Wildman–Crippen LogP) is 5.39. The molecule has 2 fully saturated rings. The zero-order chi connectivity index (χ0) is 14.8. The van der Waals surface area contributed by atoms with Gasteiger partial charge in [-0.2, -0.15) is 0 Å². The SMILES string of the molecule is CC1CCCC(NC2CC(c3ccc(F)c(Br)c3)C2)CC1. The lowest BCUT2D eigenvalue weighted by molar-refractivity contribution is 0.254. The molecule has 0 radical (unpaired) electrons. The first-order chi connectivity index (χ1) is 10.1. The third-order valence-corrected chi connectivity index (χ3v) is 5.89. The minimum absolute atomic E-state index is 0.166. The molecule has 0 bridgehead atoms. The van der Waals surface area contributed by atoms with E-state index in [0.717, 1.165) is 12.0 Å². The van der Waals surface area contributed by atoms with Crippen molar-refractivity contribution in [2.24, 2.45) is 5.92 Å². The summed E-state index contributed by atoms with van der Waals surface area (Å²) in [6.45, 7) is 2.38. The average Bonchev–Trinajstić information content (AvgIpc) is 2.62. The second-order valence-electron chi connectivity index (χ2n) is 7.02. The molecule has 0 amide bonds. The standard InChI is InChI=1S/C18H25BrFN/c1-12-3-2-4-15(7-5-12)21-16-9-14(10-16)13-6-8-18(20)17(19)11-13/h6,8,11-12,14-16,21H,2-5,7,9-10H2,1H3. The number of rotatable bonds is 3. The third kappa shape index (κ3) is 3.87. The van der Waals surface area contributed by atoms with Crippen molar-refractivity contribution in [3.05, 3.63) is 34.1 Å². The van der Waals surface area contributed by atoms with Crippen molar-refractivity contribution in [1.29, 1.82) is 0 Å². The molecule has 2 atom stereocenters. The molecule has 116 valence electrons. The molecule has 1 N–H and O–H groups in total. The first-order valence-corrected chi connectivity index (χ1v) is 9.12. The molecule has 3 rings (SSSR count). The summed E-state index contributed by atoms with van der Waals surface area (Å²) in [5.74, 6) is 1.34. The molecule has 0 aliphatic heterocycles. The van der Waals surface area contributed by atoms with Crippen LogP contribution in [0.25, 0.3) is 0 Å². The Bertz CT molecular complexity index is 484. The topological polar surface area (TPSA) is 12.0 Å². The summed E-state index contributed by atoms with van der Waals surface area (Å²) in [5, 5.41) is 3.86. The Balaban J connectivity index is 1.48. The van der Waals surface area contributed by atoms with Crippen LogP contribution in [0.5, 0.6) is 0 Å². The Kier molecular flexibility index (Phi) is 5.00. The number of halogens is 2. The fourth-order valence-electron chi connectivity index (χ4n) is 3.78. The van der Waals surface area contributed by atoms with Crippen LogP contribution >= 0.6 is 15.9 Å². The van der Waals surface area contributed by atoms with E-state index in [1.54, 1.807) is 6.07 Å². The quantitative estimate of drug-likeness (QED) is 0.718. The van der Waals surface area contributed by atoms with Gasteiger partial charge in [0.25, 0.3) is 0 Å². The monoisotopic (exact) mass is 353 g/mol. The van der Waals surface area contributed by atoms with Gasteiger partial charge >= 0.3 is 0 Å². The lowest BCUT2D eigenvalue weighted by Gasteiger charge is -2.39. The molecule has 2 aliphatic rings. The van der Waals surface area contributed by atoms with Crippen molar-refractivity contribution in [3.63, 3.8) is 0 Å². The van der Waals surface area contributed by atoms with Crippen molar-refractivity contribution < 1.29 is 4.39 Å². The molecule has 1 aromatic carbocycles. The number of benzene rings is 1. The van der Waals surface area contributed by atoms with E-state index in [0.29, 0.717) is 16.4 Å². The molecule has 3 heteroatoms. The molecule has 2 saturated carbocycles. The molecule has 2 unspecified atom stereocenters. The van der Waals surface area contributed by atoms with Crippen molar-refractivity contribution in [1.82, 2.24) is 5.32 Å². The van der Waals surface area contributed by atoms with Crippen LogP contribution in [0.4, 0.5) is 4.39 Å². The normalized spacial score (nSPS) is 33.3. The summed E-state index contributed by atoms with van der Waals surface area (Å²) in [7, 11) is 0. The van der Waals surface area contributed by atoms with E-state index < -0.39 is 0 Å². The second-order valence-corrected chi connectivity index (χ2v) is 7.87. The van der Waals surface area contributed by atoms with E-state index >= 15 is 0 Å². The third-order valence-electron chi connectivity index (χ3n) is 5.28. The minimum Gasteiger partial charge on any atom is -0.311 e. The largest absolute Gasteiger partial charge is 0.311 e. The molecule has 0 saturated heterocycles. The van der Waals surface area contributed by atoms with Crippen molar-refractivity contribution in [3.8, 4) is 0 Å². The molecule has 1 nitrogen and oxygen atoms in total. The highest BCUT2D eigenvalue weighted by Crippen LogP contribution is 2.39. The van der Waals surface area contributed by atoms with Gasteiger partial charge < -0.3 is 5.32 Å². The molecule has 2 aliphatic carbocycles. The number of hydrogen-bond donors (Lipinski definition) is 1. The summed E-state index contributed by atoms with van der Waals surface area (Å²) < 4.78 is 13.9. The summed E-state index contributed by atoms with van der Waals surface area (Å²) in [4.78, 5) is 0. The molecule has 21 heavy (non-hydrogen) atoms. The van der Waals surface area contributed by atoms with E-state index in [1.165, 1.54) is 50.5 Å². The Hall–Kier alpha value is -0.410. The summed E-state index contributed by atoms with van der Waals surface area (Å²) in [6.07, 6.45) is 9.22. The molecule has 0 spiro atoms. The summed E-state index contributed by atoms with van der Waals surface area (Å²) in [5.41, 5.74) is 1.27. The van der Waals surface area contributed by atoms with Gasteiger partial charge in [0, 0.05) is 12.1 Å². The predicted molar refractivity (Wildman–Crippen MR) is 89.0 cm³/mol. The van der Waals surface area contributed by atoms with Crippen LogP contribution in [-0.4, -0.2) is 12.1 Å². The average molecular weight is 354 g/mol. The first kappa shape index (κ1) is 15.5. The Morgan fingerprint density at radius 2 is 1.90 bits per heavy atom. The van der Waals surface area contributed by atoms with Gasteiger partial charge in [0.15, 0.2) is 0 Å². The van der Waals surface area contributed by atoms with Gasteiger partial charge in [-0.25, -0.2) is 4.39 Å². The number of hydrogen-bond acceptors (Lipinski definition) is 1. The van der Waals surface area contributed by atoms with Gasteiger partial charge in [0.05, 0.1) is 4.47 Å². The van der Waals surface area contributed by atoms with Gasteiger partial charge in [0.1, 0.15) is 5.82 Å².